The van der Waals surface area contributed by atoms with Gasteiger partial charge in [-0.05, 0) is 12.8 Å². The Kier molecular flexibility index (Phi) is 3.08. The maximum Gasteiger partial charge on any atom is 0.185 e. The predicted molar refractivity (Wildman–Crippen MR) is 72.4 cm³/mol. The molecule has 0 amide bonds. The van der Waals surface area contributed by atoms with Gasteiger partial charge < -0.3 is 10.0 Å². The molecule has 1 aromatic rings. The molecule has 1 saturated heterocycles. The van der Waals surface area contributed by atoms with Crippen LogP contribution in [0.15, 0.2) is 35.3 Å². The van der Waals surface area contributed by atoms with Crippen LogP contribution in [-0.4, -0.2) is 28.9 Å². The molecule has 2 heterocycles. The molecule has 3 rings (SSSR count). The lowest BCUT2D eigenvalue weighted by Crippen LogP contribution is -2.47. The summed E-state index contributed by atoms with van der Waals surface area (Å²) in [6.07, 6.45) is 5.90. The second kappa shape index (κ2) is 4.73. The van der Waals surface area contributed by atoms with Crippen molar-refractivity contribution in [3.63, 3.8) is 0 Å². The number of hydrogen-bond acceptors (Lipinski definition) is 3. The minimum atomic E-state index is -0.909. The van der Waals surface area contributed by atoms with Gasteiger partial charge in [0.15, 0.2) is 5.72 Å². The van der Waals surface area contributed by atoms with Gasteiger partial charge >= 0.3 is 0 Å². The Morgan fingerprint density at radius 2 is 1.83 bits per heavy atom. The Labute approximate surface area is 108 Å². The quantitative estimate of drug-likeness (QED) is 0.824. The first-order valence-electron chi connectivity index (χ1n) is 6.89. The molecule has 1 aromatic carbocycles. The average Bonchev–Trinajstić information content (AvgIpc) is 2.68. The van der Waals surface area contributed by atoms with Gasteiger partial charge in [0.2, 0.25) is 0 Å². The molecule has 0 aliphatic carbocycles. The number of aliphatic hydroxyl groups is 1. The maximum absolute atomic E-state index is 11.0. The molecule has 96 valence electrons. The second-order valence-electron chi connectivity index (χ2n) is 5.23. The first kappa shape index (κ1) is 11.7. The van der Waals surface area contributed by atoms with Gasteiger partial charge in [0, 0.05) is 18.5 Å². The molecule has 0 aromatic heterocycles. The molecule has 2 aliphatic rings. The van der Waals surface area contributed by atoms with E-state index >= 15 is 0 Å². The van der Waals surface area contributed by atoms with Gasteiger partial charge in [-0.15, -0.1) is 0 Å². The first-order valence-corrected chi connectivity index (χ1v) is 6.89. The third-order valence-corrected chi connectivity index (χ3v) is 4.01. The molecule has 1 atom stereocenters. The van der Waals surface area contributed by atoms with E-state index in [9.17, 15) is 5.11 Å². The number of nitrogens with zero attached hydrogens (tertiary/aromatic N) is 2. The highest BCUT2D eigenvalue weighted by Gasteiger charge is 2.42. The molecule has 1 fully saturated rings. The molecular formula is C15H20N2O. The van der Waals surface area contributed by atoms with Crippen molar-refractivity contribution in [2.45, 2.75) is 37.8 Å². The Bertz CT molecular complexity index is 443. The van der Waals surface area contributed by atoms with E-state index in [-0.39, 0.29) is 0 Å². The number of fused-ring (bicyclic) bond motifs is 1. The van der Waals surface area contributed by atoms with Crippen LogP contribution in [0, 0.1) is 0 Å². The molecule has 3 heteroatoms. The van der Waals surface area contributed by atoms with Crippen LogP contribution in [-0.2, 0) is 5.72 Å². The lowest BCUT2D eigenvalue weighted by atomic mass is 9.99. The van der Waals surface area contributed by atoms with Gasteiger partial charge in [-0.1, -0.05) is 43.2 Å². The van der Waals surface area contributed by atoms with Crippen molar-refractivity contribution >= 4 is 5.84 Å². The van der Waals surface area contributed by atoms with Gasteiger partial charge in [0.05, 0.1) is 6.54 Å². The molecule has 0 bridgehead atoms. The van der Waals surface area contributed by atoms with Crippen LogP contribution < -0.4 is 0 Å². The largest absolute Gasteiger partial charge is 0.365 e. The highest BCUT2D eigenvalue weighted by atomic mass is 16.3. The summed E-state index contributed by atoms with van der Waals surface area (Å²) in [5.41, 5.74) is 0.0535. The van der Waals surface area contributed by atoms with E-state index in [0.717, 1.165) is 30.8 Å². The zero-order valence-corrected chi connectivity index (χ0v) is 10.7. The summed E-state index contributed by atoms with van der Waals surface area (Å²) in [4.78, 5) is 6.71. The summed E-state index contributed by atoms with van der Waals surface area (Å²) in [5.74, 6) is 1.10. The van der Waals surface area contributed by atoms with E-state index in [1.807, 2.05) is 30.3 Å². The maximum atomic E-state index is 11.0. The number of hydrogen-bond donors (Lipinski definition) is 1. The zero-order chi connectivity index (χ0) is 12.4. The summed E-state index contributed by atoms with van der Waals surface area (Å²) < 4.78 is 0. The van der Waals surface area contributed by atoms with Crippen LogP contribution in [0.25, 0.3) is 0 Å². The summed E-state index contributed by atoms with van der Waals surface area (Å²) in [5, 5.41) is 11.0. The van der Waals surface area contributed by atoms with E-state index < -0.39 is 5.72 Å². The zero-order valence-electron chi connectivity index (χ0n) is 10.7. The summed E-state index contributed by atoms with van der Waals surface area (Å²) in [7, 11) is 0. The molecule has 2 aliphatic heterocycles. The second-order valence-corrected chi connectivity index (χ2v) is 5.23. The molecule has 18 heavy (non-hydrogen) atoms. The van der Waals surface area contributed by atoms with Crippen LogP contribution in [0.1, 0.15) is 37.7 Å². The molecule has 1 N–H and O–H groups in total. The van der Waals surface area contributed by atoms with E-state index in [2.05, 4.69) is 9.89 Å². The monoisotopic (exact) mass is 244 g/mol. The molecule has 0 radical (unpaired) electrons. The fraction of sp³-hybridized carbons (Fsp3) is 0.533. The lowest BCUT2D eigenvalue weighted by molar-refractivity contribution is -0.0575. The predicted octanol–water partition coefficient (Wildman–Crippen LogP) is 2.51. The van der Waals surface area contributed by atoms with E-state index in [4.69, 9.17) is 0 Å². The fourth-order valence-electron chi connectivity index (χ4n) is 2.97. The summed E-state index contributed by atoms with van der Waals surface area (Å²) >= 11 is 0. The van der Waals surface area contributed by atoms with Crippen LogP contribution in [0.4, 0.5) is 0 Å². The van der Waals surface area contributed by atoms with E-state index in [1.54, 1.807) is 0 Å². The van der Waals surface area contributed by atoms with Crippen LogP contribution in [0.5, 0.6) is 0 Å². The Balaban J connectivity index is 1.90. The average molecular weight is 244 g/mol. The highest BCUT2D eigenvalue weighted by Crippen LogP contribution is 2.33. The standard InChI is InChI=1S/C15H20N2O/c18-15(13-8-4-3-5-9-13)12-16-14-10-6-1-2-7-11-17(14)15/h3-5,8-9,18H,1-2,6-7,10-12H2/t15-/m0/s1. The fourth-order valence-corrected chi connectivity index (χ4v) is 2.97. The van der Waals surface area contributed by atoms with Gasteiger partial charge in [0.1, 0.15) is 5.84 Å². The minimum absolute atomic E-state index is 0.479. The van der Waals surface area contributed by atoms with Gasteiger partial charge in [0.25, 0.3) is 0 Å². The van der Waals surface area contributed by atoms with Crippen molar-refractivity contribution in [3.8, 4) is 0 Å². The van der Waals surface area contributed by atoms with Gasteiger partial charge in [-0.3, -0.25) is 4.99 Å². The van der Waals surface area contributed by atoms with Crippen molar-refractivity contribution in [3.05, 3.63) is 35.9 Å². The lowest BCUT2D eigenvalue weighted by Gasteiger charge is -2.37. The normalized spacial score (nSPS) is 28.3. The van der Waals surface area contributed by atoms with E-state index in [0.29, 0.717) is 6.54 Å². The molecular weight excluding hydrogens is 224 g/mol. The number of amidine groups is 1. The van der Waals surface area contributed by atoms with Crippen LogP contribution in [0.3, 0.4) is 0 Å². The first-order chi connectivity index (χ1) is 8.81. The number of benzene rings is 1. The Hall–Kier alpha value is -1.35. The molecule has 3 nitrogen and oxygen atoms in total. The van der Waals surface area contributed by atoms with Gasteiger partial charge in [-0.25, -0.2) is 0 Å². The van der Waals surface area contributed by atoms with E-state index in [1.165, 1.54) is 19.3 Å². The Morgan fingerprint density at radius 1 is 1.06 bits per heavy atom. The number of rotatable bonds is 1. The van der Waals surface area contributed by atoms with Gasteiger partial charge in [-0.2, -0.15) is 0 Å². The van der Waals surface area contributed by atoms with Crippen molar-refractivity contribution in [2.24, 2.45) is 4.99 Å². The molecule has 0 unspecified atom stereocenters. The number of aliphatic imine (C=N–C) groups is 1. The smallest absolute Gasteiger partial charge is 0.185 e. The highest BCUT2D eigenvalue weighted by molar-refractivity contribution is 5.85. The van der Waals surface area contributed by atoms with Crippen molar-refractivity contribution in [1.29, 1.82) is 0 Å². The van der Waals surface area contributed by atoms with Crippen molar-refractivity contribution in [2.75, 3.05) is 13.1 Å². The summed E-state index contributed by atoms with van der Waals surface area (Å²) in [6, 6.07) is 9.94. The molecule has 0 spiro atoms. The Morgan fingerprint density at radius 3 is 2.67 bits per heavy atom. The van der Waals surface area contributed by atoms with Crippen molar-refractivity contribution in [1.82, 2.24) is 4.90 Å². The van der Waals surface area contributed by atoms with Crippen molar-refractivity contribution < 1.29 is 5.11 Å². The van der Waals surface area contributed by atoms with Crippen LogP contribution >= 0.6 is 0 Å². The summed E-state index contributed by atoms with van der Waals surface area (Å²) in [6.45, 7) is 1.40. The topological polar surface area (TPSA) is 35.8 Å². The third kappa shape index (κ3) is 1.93. The SMILES string of the molecule is O[C@]1(c2ccccc2)CN=C2CCCCCCN21. The molecule has 0 saturated carbocycles. The van der Waals surface area contributed by atoms with Crippen LogP contribution in [0.2, 0.25) is 0 Å². The third-order valence-electron chi connectivity index (χ3n) is 4.01. The minimum Gasteiger partial charge on any atom is -0.365 e.